The summed E-state index contributed by atoms with van der Waals surface area (Å²) in [5, 5.41) is 0. The fourth-order valence-corrected chi connectivity index (χ4v) is 3.00. The largest absolute Gasteiger partial charge is 0.486 e. The Morgan fingerprint density at radius 2 is 1.87 bits per heavy atom. The molecule has 1 unspecified atom stereocenters. The molecule has 1 heterocycles. The van der Waals surface area contributed by atoms with Gasteiger partial charge < -0.3 is 9.47 Å². The number of hydrogen-bond acceptors (Lipinski definition) is 4. The van der Waals surface area contributed by atoms with E-state index in [9.17, 15) is 8.78 Å². The molecule has 0 bridgehead atoms. The monoisotopic (exact) mass is 430 g/mol. The number of aromatic nitrogens is 2. The Hall–Kier alpha value is -2.60. The first-order valence-corrected chi connectivity index (χ1v) is 10.9. The van der Waals surface area contributed by atoms with Gasteiger partial charge in [0.1, 0.15) is 6.61 Å². The van der Waals surface area contributed by atoms with Crippen LogP contribution in [0.5, 0.6) is 5.75 Å². The Kier molecular flexibility index (Phi) is 10.9. The molecule has 1 aromatic heterocycles. The number of allylic oxidation sites excluding steroid dienone is 1. The molecule has 0 spiro atoms. The van der Waals surface area contributed by atoms with E-state index in [1.165, 1.54) is 37.4 Å². The highest BCUT2D eigenvalue weighted by atomic mass is 19.2. The predicted octanol–water partition coefficient (Wildman–Crippen LogP) is 6.77. The van der Waals surface area contributed by atoms with Crippen molar-refractivity contribution in [2.45, 2.75) is 58.5 Å². The third-order valence-electron chi connectivity index (χ3n) is 4.78. The second-order valence-electron chi connectivity index (χ2n) is 7.39. The van der Waals surface area contributed by atoms with Crippen LogP contribution in [0.2, 0.25) is 0 Å². The first-order chi connectivity index (χ1) is 15.1. The van der Waals surface area contributed by atoms with E-state index in [0.29, 0.717) is 12.4 Å². The zero-order valence-corrected chi connectivity index (χ0v) is 18.4. The van der Waals surface area contributed by atoms with Gasteiger partial charge in [-0.1, -0.05) is 50.6 Å². The van der Waals surface area contributed by atoms with Gasteiger partial charge >= 0.3 is 0 Å². The van der Waals surface area contributed by atoms with E-state index in [0.717, 1.165) is 32.3 Å². The predicted molar refractivity (Wildman–Crippen MR) is 121 cm³/mol. The molecular formula is C25H32F2N2O2. The fourth-order valence-electron chi connectivity index (χ4n) is 3.00. The minimum Gasteiger partial charge on any atom is -0.486 e. The van der Waals surface area contributed by atoms with Gasteiger partial charge in [0.25, 0.3) is 0 Å². The molecule has 0 radical (unpaired) electrons. The zero-order valence-electron chi connectivity index (χ0n) is 18.4. The Labute approximate surface area is 184 Å². The van der Waals surface area contributed by atoms with Crippen LogP contribution in [0.4, 0.5) is 8.78 Å². The standard InChI is InChI=1S/C25H32F2N2O2/c1-4-6-10-16-30-19(3)11-8-7-9-12-20-13-14-22(24(27)23(20)26)25-28-17-21(18-29-25)31-15-5-2/h5,9,12-14,17-19H,2,4,6-8,10-11,15-16H2,1,3H3. The topological polar surface area (TPSA) is 44.2 Å². The maximum absolute atomic E-state index is 14.6. The van der Waals surface area contributed by atoms with E-state index in [-0.39, 0.29) is 23.1 Å². The van der Waals surface area contributed by atoms with Crippen molar-refractivity contribution in [3.63, 3.8) is 0 Å². The van der Waals surface area contributed by atoms with Gasteiger partial charge in [0, 0.05) is 12.2 Å². The van der Waals surface area contributed by atoms with Crippen LogP contribution in [0, 0.1) is 11.6 Å². The van der Waals surface area contributed by atoms with Crippen molar-refractivity contribution in [3.8, 4) is 17.1 Å². The van der Waals surface area contributed by atoms with E-state index in [2.05, 4.69) is 30.4 Å². The van der Waals surface area contributed by atoms with Crippen LogP contribution in [0.25, 0.3) is 17.5 Å². The van der Waals surface area contributed by atoms with Crippen LogP contribution < -0.4 is 4.74 Å². The summed E-state index contributed by atoms with van der Waals surface area (Å²) in [6.45, 7) is 8.92. The molecule has 0 aliphatic carbocycles. The molecule has 0 aliphatic heterocycles. The summed E-state index contributed by atoms with van der Waals surface area (Å²) in [5.41, 5.74) is 0.218. The third kappa shape index (κ3) is 8.21. The van der Waals surface area contributed by atoms with Gasteiger partial charge in [-0.3, -0.25) is 0 Å². The number of rotatable bonds is 14. The lowest BCUT2D eigenvalue weighted by Crippen LogP contribution is -2.08. The molecule has 2 rings (SSSR count). The second-order valence-corrected chi connectivity index (χ2v) is 7.39. The number of hydrogen-bond donors (Lipinski definition) is 0. The van der Waals surface area contributed by atoms with Gasteiger partial charge in [-0.15, -0.1) is 0 Å². The van der Waals surface area contributed by atoms with Gasteiger partial charge in [0.15, 0.2) is 23.2 Å². The molecule has 0 saturated carbocycles. The summed E-state index contributed by atoms with van der Waals surface area (Å²) in [4.78, 5) is 8.12. The van der Waals surface area contributed by atoms with Crippen molar-refractivity contribution in [1.29, 1.82) is 0 Å². The summed E-state index contributed by atoms with van der Waals surface area (Å²) >= 11 is 0. The number of ether oxygens (including phenoxy) is 2. The molecular weight excluding hydrogens is 398 g/mol. The van der Waals surface area contributed by atoms with Crippen molar-refractivity contribution in [3.05, 3.63) is 60.5 Å². The molecule has 0 N–H and O–H groups in total. The van der Waals surface area contributed by atoms with E-state index >= 15 is 0 Å². The van der Waals surface area contributed by atoms with Gasteiger partial charge in [-0.05, 0) is 38.7 Å². The Balaban J connectivity index is 1.88. The third-order valence-corrected chi connectivity index (χ3v) is 4.78. The summed E-state index contributed by atoms with van der Waals surface area (Å²) in [6.07, 6.45) is 14.3. The van der Waals surface area contributed by atoms with Crippen LogP contribution in [0.3, 0.4) is 0 Å². The summed E-state index contributed by atoms with van der Waals surface area (Å²) in [7, 11) is 0. The lowest BCUT2D eigenvalue weighted by molar-refractivity contribution is 0.0566. The number of halogens is 2. The van der Waals surface area contributed by atoms with Crippen LogP contribution >= 0.6 is 0 Å². The highest BCUT2D eigenvalue weighted by molar-refractivity contribution is 5.61. The maximum Gasteiger partial charge on any atom is 0.170 e. The van der Waals surface area contributed by atoms with Crippen molar-refractivity contribution < 1.29 is 18.3 Å². The zero-order chi connectivity index (χ0) is 22.5. The highest BCUT2D eigenvalue weighted by Crippen LogP contribution is 2.25. The van der Waals surface area contributed by atoms with E-state index in [1.54, 1.807) is 12.2 Å². The lowest BCUT2D eigenvalue weighted by atomic mass is 10.1. The first-order valence-electron chi connectivity index (χ1n) is 10.9. The van der Waals surface area contributed by atoms with Gasteiger partial charge in [0.2, 0.25) is 0 Å². The lowest BCUT2D eigenvalue weighted by Gasteiger charge is -2.12. The highest BCUT2D eigenvalue weighted by Gasteiger charge is 2.15. The Morgan fingerprint density at radius 3 is 2.58 bits per heavy atom. The van der Waals surface area contributed by atoms with E-state index in [1.807, 2.05) is 6.08 Å². The maximum atomic E-state index is 14.6. The summed E-state index contributed by atoms with van der Waals surface area (Å²) in [5.74, 6) is -1.33. The van der Waals surface area contributed by atoms with Crippen molar-refractivity contribution in [1.82, 2.24) is 9.97 Å². The summed E-state index contributed by atoms with van der Waals surface area (Å²) in [6, 6.07) is 3.03. The first kappa shape index (κ1) is 24.7. The van der Waals surface area contributed by atoms with Crippen molar-refractivity contribution >= 4 is 6.08 Å². The summed E-state index contributed by atoms with van der Waals surface area (Å²) < 4.78 is 40.1. The quantitative estimate of drug-likeness (QED) is 0.245. The smallest absolute Gasteiger partial charge is 0.170 e. The van der Waals surface area contributed by atoms with Gasteiger partial charge in [-0.25, -0.2) is 18.7 Å². The normalized spacial score (nSPS) is 12.3. The second kappa shape index (κ2) is 13.7. The number of benzene rings is 1. The average molecular weight is 431 g/mol. The molecule has 4 nitrogen and oxygen atoms in total. The molecule has 0 aliphatic rings. The molecule has 6 heteroatoms. The minimum absolute atomic E-state index is 0.0129. The SMILES string of the molecule is C=CCOc1cnc(-c2ccc(C=CCCCC(C)OCCCCC)c(F)c2F)nc1. The minimum atomic E-state index is -0.962. The molecule has 168 valence electrons. The van der Waals surface area contributed by atoms with Crippen LogP contribution in [0.1, 0.15) is 57.9 Å². The molecule has 31 heavy (non-hydrogen) atoms. The molecule has 0 fully saturated rings. The average Bonchev–Trinajstić information content (AvgIpc) is 2.78. The Bertz CT molecular complexity index is 838. The molecule has 2 aromatic rings. The van der Waals surface area contributed by atoms with Gasteiger partial charge in [0.05, 0.1) is 24.1 Å². The molecule has 0 saturated heterocycles. The Morgan fingerprint density at radius 1 is 1.10 bits per heavy atom. The molecule has 1 atom stereocenters. The van der Waals surface area contributed by atoms with Gasteiger partial charge in [-0.2, -0.15) is 0 Å². The molecule has 0 amide bonds. The van der Waals surface area contributed by atoms with E-state index < -0.39 is 11.6 Å². The van der Waals surface area contributed by atoms with Crippen molar-refractivity contribution in [2.24, 2.45) is 0 Å². The van der Waals surface area contributed by atoms with Crippen LogP contribution in [-0.4, -0.2) is 29.3 Å². The molecule has 1 aromatic carbocycles. The fraction of sp³-hybridized carbons (Fsp3) is 0.440. The number of unbranched alkanes of at least 4 members (excludes halogenated alkanes) is 3. The van der Waals surface area contributed by atoms with Crippen LogP contribution in [-0.2, 0) is 4.74 Å². The van der Waals surface area contributed by atoms with E-state index in [4.69, 9.17) is 9.47 Å². The van der Waals surface area contributed by atoms with Crippen molar-refractivity contribution in [2.75, 3.05) is 13.2 Å². The number of nitrogens with zero attached hydrogens (tertiary/aromatic N) is 2. The van der Waals surface area contributed by atoms with Crippen LogP contribution in [0.15, 0.2) is 43.3 Å².